The van der Waals surface area contributed by atoms with E-state index < -0.39 is 0 Å². The first-order valence-corrected chi connectivity index (χ1v) is 10.3. The SMILES string of the molecule is COc1ccc(NC(=S)NC2(CCc3cccc(C)c3)CCCC2)cc1OC. The van der Waals surface area contributed by atoms with Gasteiger partial charge in [0.2, 0.25) is 0 Å². The highest BCUT2D eigenvalue weighted by atomic mass is 32.1. The van der Waals surface area contributed by atoms with Gasteiger partial charge in [0.15, 0.2) is 16.6 Å². The van der Waals surface area contributed by atoms with Crippen LogP contribution in [-0.2, 0) is 6.42 Å². The molecule has 150 valence electrons. The molecule has 0 aliphatic heterocycles. The Morgan fingerprint density at radius 1 is 1.04 bits per heavy atom. The molecule has 0 radical (unpaired) electrons. The Morgan fingerprint density at radius 2 is 1.79 bits per heavy atom. The lowest BCUT2D eigenvalue weighted by atomic mass is 9.89. The first kappa shape index (κ1) is 20.5. The van der Waals surface area contributed by atoms with Gasteiger partial charge in [0.1, 0.15) is 0 Å². The largest absolute Gasteiger partial charge is 0.493 e. The highest BCUT2D eigenvalue weighted by Crippen LogP contribution is 2.34. The van der Waals surface area contributed by atoms with E-state index in [1.807, 2.05) is 18.2 Å². The van der Waals surface area contributed by atoms with E-state index in [9.17, 15) is 0 Å². The first-order chi connectivity index (χ1) is 13.5. The Kier molecular flexibility index (Phi) is 6.79. The van der Waals surface area contributed by atoms with Crippen molar-refractivity contribution >= 4 is 23.0 Å². The van der Waals surface area contributed by atoms with Crippen molar-refractivity contribution in [3.8, 4) is 11.5 Å². The molecule has 4 nitrogen and oxygen atoms in total. The summed E-state index contributed by atoms with van der Waals surface area (Å²) in [6.45, 7) is 2.15. The topological polar surface area (TPSA) is 42.5 Å². The molecule has 0 saturated heterocycles. The van der Waals surface area contributed by atoms with Crippen LogP contribution in [0.25, 0.3) is 0 Å². The molecule has 0 bridgehead atoms. The molecule has 0 heterocycles. The second-order valence-electron chi connectivity index (χ2n) is 7.63. The van der Waals surface area contributed by atoms with Gasteiger partial charge in [0.05, 0.1) is 14.2 Å². The predicted molar refractivity (Wildman–Crippen MR) is 120 cm³/mol. The van der Waals surface area contributed by atoms with Crippen molar-refractivity contribution in [3.05, 3.63) is 53.6 Å². The van der Waals surface area contributed by atoms with E-state index in [4.69, 9.17) is 21.7 Å². The van der Waals surface area contributed by atoms with Gasteiger partial charge in [-0.3, -0.25) is 0 Å². The lowest BCUT2D eigenvalue weighted by Gasteiger charge is -2.32. The van der Waals surface area contributed by atoms with E-state index >= 15 is 0 Å². The maximum atomic E-state index is 5.64. The number of hydrogen-bond acceptors (Lipinski definition) is 3. The summed E-state index contributed by atoms with van der Waals surface area (Å²) in [7, 11) is 3.27. The van der Waals surface area contributed by atoms with Gasteiger partial charge in [-0.05, 0) is 62.5 Å². The summed E-state index contributed by atoms with van der Waals surface area (Å²) >= 11 is 5.64. The molecule has 0 aromatic heterocycles. The minimum Gasteiger partial charge on any atom is -0.493 e. The van der Waals surface area contributed by atoms with Gasteiger partial charge in [0, 0.05) is 17.3 Å². The number of nitrogens with one attached hydrogen (secondary N) is 2. The molecule has 0 unspecified atom stereocenters. The molecule has 2 aromatic rings. The summed E-state index contributed by atoms with van der Waals surface area (Å²) in [5, 5.41) is 7.62. The lowest BCUT2D eigenvalue weighted by molar-refractivity contribution is 0.355. The van der Waals surface area contributed by atoms with Gasteiger partial charge in [-0.2, -0.15) is 0 Å². The Hall–Kier alpha value is -2.27. The molecule has 2 aromatic carbocycles. The smallest absolute Gasteiger partial charge is 0.171 e. The van der Waals surface area contributed by atoms with E-state index in [1.54, 1.807) is 14.2 Å². The van der Waals surface area contributed by atoms with Crippen molar-refractivity contribution in [2.75, 3.05) is 19.5 Å². The van der Waals surface area contributed by atoms with E-state index in [2.05, 4.69) is 41.8 Å². The van der Waals surface area contributed by atoms with Crippen molar-refractivity contribution in [2.24, 2.45) is 0 Å². The quantitative estimate of drug-likeness (QED) is 0.624. The minimum atomic E-state index is 0.0738. The van der Waals surface area contributed by atoms with Crippen LogP contribution in [0.3, 0.4) is 0 Å². The average molecular weight is 399 g/mol. The van der Waals surface area contributed by atoms with Gasteiger partial charge in [-0.15, -0.1) is 0 Å². The molecular weight excluding hydrogens is 368 g/mol. The van der Waals surface area contributed by atoms with E-state index in [-0.39, 0.29) is 5.54 Å². The predicted octanol–water partition coefficient (Wildman–Crippen LogP) is 5.24. The summed E-state index contributed by atoms with van der Waals surface area (Å²) in [4.78, 5) is 0. The molecule has 28 heavy (non-hydrogen) atoms. The molecule has 1 aliphatic rings. The molecule has 0 amide bonds. The van der Waals surface area contributed by atoms with Gasteiger partial charge >= 0.3 is 0 Å². The highest BCUT2D eigenvalue weighted by Gasteiger charge is 2.34. The fourth-order valence-electron chi connectivity index (χ4n) is 4.06. The fraction of sp³-hybridized carbons (Fsp3) is 0.435. The summed E-state index contributed by atoms with van der Waals surface area (Å²) in [5.41, 5.74) is 3.68. The van der Waals surface area contributed by atoms with E-state index in [1.165, 1.54) is 24.0 Å². The van der Waals surface area contributed by atoms with Gasteiger partial charge in [-0.1, -0.05) is 42.7 Å². The van der Waals surface area contributed by atoms with Crippen molar-refractivity contribution < 1.29 is 9.47 Å². The first-order valence-electron chi connectivity index (χ1n) is 9.90. The van der Waals surface area contributed by atoms with Crippen molar-refractivity contribution in [1.82, 2.24) is 5.32 Å². The van der Waals surface area contributed by atoms with Crippen LogP contribution >= 0.6 is 12.2 Å². The van der Waals surface area contributed by atoms with Crippen molar-refractivity contribution in [2.45, 2.75) is 51.0 Å². The molecule has 3 rings (SSSR count). The second kappa shape index (κ2) is 9.28. The molecular formula is C23H30N2O2S. The number of thiocarbonyl (C=S) groups is 1. The Bertz CT molecular complexity index is 816. The van der Waals surface area contributed by atoms with Gasteiger partial charge in [0.25, 0.3) is 0 Å². The second-order valence-corrected chi connectivity index (χ2v) is 8.03. The number of aryl methyl sites for hydroxylation is 2. The number of benzene rings is 2. The third-order valence-electron chi connectivity index (χ3n) is 5.56. The normalized spacial score (nSPS) is 15.1. The van der Waals surface area contributed by atoms with Crippen LogP contribution in [0.5, 0.6) is 11.5 Å². The van der Waals surface area contributed by atoms with Crippen LogP contribution < -0.4 is 20.1 Å². The number of methoxy groups -OCH3 is 2. The third-order valence-corrected chi connectivity index (χ3v) is 5.76. The number of anilines is 1. The monoisotopic (exact) mass is 398 g/mol. The van der Waals surface area contributed by atoms with Crippen LogP contribution in [0.1, 0.15) is 43.2 Å². The van der Waals surface area contributed by atoms with Gasteiger partial charge in [-0.25, -0.2) is 0 Å². The van der Waals surface area contributed by atoms with Crippen LogP contribution in [-0.4, -0.2) is 24.9 Å². The van der Waals surface area contributed by atoms with Crippen molar-refractivity contribution in [3.63, 3.8) is 0 Å². The molecule has 0 atom stereocenters. The zero-order chi connectivity index (χ0) is 20.0. The summed E-state index contributed by atoms with van der Waals surface area (Å²) in [6, 6.07) is 14.5. The Labute approximate surface area is 173 Å². The fourth-order valence-corrected chi connectivity index (χ4v) is 4.39. The maximum Gasteiger partial charge on any atom is 0.171 e. The maximum absolute atomic E-state index is 5.64. The van der Waals surface area contributed by atoms with Crippen LogP contribution in [0.4, 0.5) is 5.69 Å². The Morgan fingerprint density at radius 3 is 2.46 bits per heavy atom. The zero-order valence-corrected chi connectivity index (χ0v) is 17.8. The van der Waals surface area contributed by atoms with Gasteiger partial charge < -0.3 is 20.1 Å². The van der Waals surface area contributed by atoms with Crippen LogP contribution in [0, 0.1) is 6.92 Å². The molecule has 1 fully saturated rings. The lowest BCUT2D eigenvalue weighted by Crippen LogP contribution is -2.48. The molecule has 1 saturated carbocycles. The molecule has 1 aliphatic carbocycles. The Balaban J connectivity index is 1.64. The summed E-state index contributed by atoms with van der Waals surface area (Å²) in [5.74, 6) is 1.39. The average Bonchev–Trinajstić information content (AvgIpc) is 3.15. The van der Waals surface area contributed by atoms with Crippen LogP contribution in [0.2, 0.25) is 0 Å². The standard InChI is InChI=1S/C23H30N2O2S/c1-17-7-6-8-18(15-17)11-14-23(12-4-5-13-23)25-22(28)24-19-9-10-20(26-2)21(16-19)27-3/h6-10,15-16H,4-5,11-14H2,1-3H3,(H2,24,25,28). The van der Waals surface area contributed by atoms with Crippen LogP contribution in [0.15, 0.2) is 42.5 Å². The summed E-state index contributed by atoms with van der Waals surface area (Å²) < 4.78 is 10.7. The third kappa shape index (κ3) is 5.16. The minimum absolute atomic E-state index is 0.0738. The number of hydrogen-bond donors (Lipinski definition) is 2. The number of rotatable bonds is 7. The van der Waals surface area contributed by atoms with E-state index in [0.29, 0.717) is 16.6 Å². The highest BCUT2D eigenvalue weighted by molar-refractivity contribution is 7.80. The number of ether oxygens (including phenoxy) is 2. The van der Waals surface area contributed by atoms with E-state index in [0.717, 1.165) is 31.4 Å². The molecule has 2 N–H and O–H groups in total. The molecule has 5 heteroatoms. The molecule has 0 spiro atoms. The summed E-state index contributed by atoms with van der Waals surface area (Å²) in [6.07, 6.45) is 6.97. The van der Waals surface area contributed by atoms with Crippen molar-refractivity contribution in [1.29, 1.82) is 0 Å². The zero-order valence-electron chi connectivity index (χ0n) is 17.0.